The van der Waals surface area contributed by atoms with Gasteiger partial charge in [-0.05, 0) is 52.8 Å². The molecule has 2 heterocycles. The van der Waals surface area contributed by atoms with E-state index in [0.717, 1.165) is 85.5 Å². The van der Waals surface area contributed by atoms with E-state index in [2.05, 4.69) is 64.9 Å². The molecule has 4 atom stereocenters. The second-order valence-electron chi connectivity index (χ2n) is 12.6. The van der Waals surface area contributed by atoms with Gasteiger partial charge in [-0.3, -0.25) is 14.5 Å². The number of nitrogens with one attached hydrogen (secondary N) is 2. The van der Waals surface area contributed by atoms with E-state index in [4.69, 9.17) is 14.2 Å². The molecule has 0 radical (unpaired) electrons. The standard InChI is InChI=1S/C38H49N3O6/c1-27-35(25-41-18-20-45-21-19-41)46-38(47-37(27)31-15-13-29(26-42)14-16-31)34-11-7-10-33(23-34)32-9-6-8-30(22-32)24-40-36(44)12-4-3-5-17-39-28(2)43/h6-11,13-16,22-23,27,35,37-38,42H,3-5,12,17-21,24-26H2,1-2H3,(H,39,43)(H,40,44)/t27-,35+,37+,38+/m1/s1. The van der Waals surface area contributed by atoms with E-state index in [1.54, 1.807) is 0 Å². The van der Waals surface area contributed by atoms with E-state index in [1.165, 1.54) is 6.92 Å². The van der Waals surface area contributed by atoms with Crippen molar-refractivity contribution in [1.29, 1.82) is 0 Å². The van der Waals surface area contributed by atoms with Crippen LogP contribution in [0.15, 0.2) is 72.8 Å². The Kier molecular flexibility index (Phi) is 12.9. The molecule has 0 bridgehead atoms. The summed E-state index contributed by atoms with van der Waals surface area (Å²) in [4.78, 5) is 25.8. The molecule has 3 aromatic carbocycles. The van der Waals surface area contributed by atoms with E-state index in [-0.39, 0.29) is 36.5 Å². The maximum absolute atomic E-state index is 12.4. The number of hydrogen-bond donors (Lipinski definition) is 3. The topological polar surface area (TPSA) is 109 Å². The van der Waals surface area contributed by atoms with Crippen LogP contribution in [0.1, 0.15) is 74.2 Å². The van der Waals surface area contributed by atoms with Gasteiger partial charge in [-0.25, -0.2) is 0 Å². The Labute approximate surface area is 278 Å². The highest BCUT2D eigenvalue weighted by Crippen LogP contribution is 2.42. The van der Waals surface area contributed by atoms with Crippen LogP contribution < -0.4 is 10.6 Å². The number of carbonyl (C=O) groups is 2. The fraction of sp³-hybridized carbons (Fsp3) is 0.474. The summed E-state index contributed by atoms with van der Waals surface area (Å²) in [7, 11) is 0. The summed E-state index contributed by atoms with van der Waals surface area (Å²) in [5.74, 6) is 0.128. The Morgan fingerprint density at radius 2 is 1.60 bits per heavy atom. The predicted octanol–water partition coefficient (Wildman–Crippen LogP) is 5.28. The molecule has 0 unspecified atom stereocenters. The maximum Gasteiger partial charge on any atom is 0.220 e. The van der Waals surface area contributed by atoms with Gasteiger partial charge in [0.15, 0.2) is 6.29 Å². The quantitative estimate of drug-likeness (QED) is 0.205. The highest BCUT2D eigenvalue weighted by Gasteiger charge is 2.39. The zero-order chi connectivity index (χ0) is 33.0. The van der Waals surface area contributed by atoms with Gasteiger partial charge in [0, 0.05) is 57.5 Å². The van der Waals surface area contributed by atoms with Crippen LogP contribution in [0, 0.1) is 5.92 Å². The summed E-state index contributed by atoms with van der Waals surface area (Å²) in [6.45, 7) is 8.88. The molecule has 0 spiro atoms. The minimum atomic E-state index is -0.541. The number of aliphatic hydroxyl groups is 1. The average Bonchev–Trinajstić information content (AvgIpc) is 3.10. The lowest BCUT2D eigenvalue weighted by Gasteiger charge is -2.43. The number of aliphatic hydroxyl groups excluding tert-OH is 1. The third-order valence-electron chi connectivity index (χ3n) is 9.03. The molecule has 5 rings (SSSR count). The molecule has 0 aliphatic carbocycles. The SMILES string of the molecule is CC(=O)NCCCCCC(=O)NCc1cccc(-c2cccc([C@H]3O[C@@H](CN4CCOCC4)[C@@H](C)[C@@H](c4ccc(CO)cc4)O3)c2)c1. The minimum Gasteiger partial charge on any atom is -0.392 e. The second-order valence-corrected chi connectivity index (χ2v) is 12.6. The van der Waals surface area contributed by atoms with Crippen LogP contribution in [0.2, 0.25) is 0 Å². The van der Waals surface area contributed by atoms with Crippen molar-refractivity contribution in [3.05, 3.63) is 95.1 Å². The van der Waals surface area contributed by atoms with Gasteiger partial charge in [0.2, 0.25) is 11.8 Å². The van der Waals surface area contributed by atoms with E-state index < -0.39 is 6.29 Å². The summed E-state index contributed by atoms with van der Waals surface area (Å²) in [5, 5.41) is 15.4. The van der Waals surface area contributed by atoms with Crippen molar-refractivity contribution in [2.45, 2.75) is 71.2 Å². The molecule has 252 valence electrons. The van der Waals surface area contributed by atoms with Crippen LogP contribution >= 0.6 is 0 Å². The number of benzene rings is 3. The van der Waals surface area contributed by atoms with Gasteiger partial charge in [0.05, 0.1) is 32.0 Å². The molecule has 2 aliphatic heterocycles. The van der Waals surface area contributed by atoms with E-state index >= 15 is 0 Å². The van der Waals surface area contributed by atoms with Crippen LogP contribution in [0.4, 0.5) is 0 Å². The maximum atomic E-state index is 12.4. The number of hydrogen-bond acceptors (Lipinski definition) is 7. The monoisotopic (exact) mass is 643 g/mol. The predicted molar refractivity (Wildman–Crippen MR) is 181 cm³/mol. The molecular formula is C38H49N3O6. The molecular weight excluding hydrogens is 594 g/mol. The molecule has 9 heteroatoms. The molecule has 47 heavy (non-hydrogen) atoms. The summed E-state index contributed by atoms with van der Waals surface area (Å²) in [6, 6.07) is 24.6. The van der Waals surface area contributed by atoms with Gasteiger partial charge in [-0.1, -0.05) is 74.0 Å². The van der Waals surface area contributed by atoms with Crippen molar-refractivity contribution in [2.75, 3.05) is 39.4 Å². The van der Waals surface area contributed by atoms with Gasteiger partial charge in [0.1, 0.15) is 0 Å². The number of rotatable bonds is 14. The molecule has 0 aromatic heterocycles. The lowest BCUT2D eigenvalue weighted by molar-refractivity contribution is -0.277. The van der Waals surface area contributed by atoms with Gasteiger partial charge >= 0.3 is 0 Å². The van der Waals surface area contributed by atoms with Crippen LogP contribution in [-0.2, 0) is 37.0 Å². The van der Waals surface area contributed by atoms with Crippen molar-refractivity contribution in [2.24, 2.45) is 5.92 Å². The fourth-order valence-electron chi connectivity index (χ4n) is 6.23. The Morgan fingerprint density at radius 3 is 2.34 bits per heavy atom. The Bertz CT molecular complexity index is 1440. The zero-order valence-corrected chi connectivity index (χ0v) is 27.7. The number of ether oxygens (including phenoxy) is 3. The smallest absolute Gasteiger partial charge is 0.220 e. The summed E-state index contributed by atoms with van der Waals surface area (Å²) in [6.07, 6.45) is 2.29. The Morgan fingerprint density at radius 1 is 0.851 bits per heavy atom. The summed E-state index contributed by atoms with van der Waals surface area (Å²) < 4.78 is 19.0. The molecule has 0 saturated carbocycles. The first-order chi connectivity index (χ1) is 22.9. The first-order valence-electron chi connectivity index (χ1n) is 16.9. The molecule has 3 N–H and O–H groups in total. The third kappa shape index (κ3) is 10.2. The average molecular weight is 644 g/mol. The molecule has 2 aliphatic rings. The zero-order valence-electron chi connectivity index (χ0n) is 27.7. The van der Waals surface area contributed by atoms with E-state index in [1.807, 2.05) is 30.3 Å². The normalized spacial score (nSPS) is 21.7. The minimum absolute atomic E-state index is 0.00916. The second kappa shape index (κ2) is 17.5. The highest BCUT2D eigenvalue weighted by atomic mass is 16.7. The van der Waals surface area contributed by atoms with Crippen molar-refractivity contribution in [3.8, 4) is 11.1 Å². The summed E-state index contributed by atoms with van der Waals surface area (Å²) >= 11 is 0. The largest absolute Gasteiger partial charge is 0.392 e. The summed E-state index contributed by atoms with van der Waals surface area (Å²) in [5.41, 5.74) is 6.04. The van der Waals surface area contributed by atoms with Crippen LogP contribution in [-0.4, -0.2) is 67.3 Å². The highest BCUT2D eigenvalue weighted by molar-refractivity contribution is 5.76. The van der Waals surface area contributed by atoms with Gasteiger partial charge in [0.25, 0.3) is 0 Å². The van der Waals surface area contributed by atoms with Crippen LogP contribution in [0.3, 0.4) is 0 Å². The molecule has 2 fully saturated rings. The molecule has 2 amide bonds. The molecule has 3 aromatic rings. The lowest BCUT2D eigenvalue weighted by atomic mass is 9.89. The van der Waals surface area contributed by atoms with Crippen LogP contribution in [0.5, 0.6) is 0 Å². The number of amides is 2. The molecule has 9 nitrogen and oxygen atoms in total. The molecule has 2 saturated heterocycles. The first kappa shape index (κ1) is 34.7. The number of carbonyl (C=O) groups excluding carboxylic acids is 2. The fourth-order valence-corrected chi connectivity index (χ4v) is 6.23. The Hall–Kier alpha value is -3.60. The Balaban J connectivity index is 1.25. The van der Waals surface area contributed by atoms with E-state index in [0.29, 0.717) is 19.5 Å². The number of morpholine rings is 1. The number of nitrogens with zero attached hydrogens (tertiary/aromatic N) is 1. The third-order valence-corrected chi connectivity index (χ3v) is 9.03. The van der Waals surface area contributed by atoms with Crippen LogP contribution in [0.25, 0.3) is 11.1 Å². The number of unbranched alkanes of at least 4 members (excludes halogenated alkanes) is 2. The van der Waals surface area contributed by atoms with Crippen molar-refractivity contribution in [1.82, 2.24) is 15.5 Å². The van der Waals surface area contributed by atoms with Crippen molar-refractivity contribution in [3.63, 3.8) is 0 Å². The van der Waals surface area contributed by atoms with Gasteiger partial charge in [-0.15, -0.1) is 0 Å². The first-order valence-corrected chi connectivity index (χ1v) is 16.9. The van der Waals surface area contributed by atoms with Crippen molar-refractivity contribution >= 4 is 11.8 Å². The lowest BCUT2D eigenvalue weighted by Crippen LogP contribution is -2.47. The van der Waals surface area contributed by atoms with E-state index in [9.17, 15) is 14.7 Å². The van der Waals surface area contributed by atoms with Gasteiger partial charge in [-0.2, -0.15) is 0 Å². The van der Waals surface area contributed by atoms with Gasteiger partial charge < -0.3 is 30.0 Å². The van der Waals surface area contributed by atoms with Crippen molar-refractivity contribution < 1.29 is 28.9 Å².